The Labute approximate surface area is 213 Å². The Kier molecular flexibility index (Phi) is 5.61. The van der Waals surface area contributed by atoms with Gasteiger partial charge in [0.1, 0.15) is 6.61 Å². The van der Waals surface area contributed by atoms with Crippen molar-refractivity contribution in [3.63, 3.8) is 0 Å². The van der Waals surface area contributed by atoms with Gasteiger partial charge < -0.3 is 9.47 Å². The molecule has 1 heterocycles. The molecule has 2 saturated carbocycles. The predicted octanol–water partition coefficient (Wildman–Crippen LogP) is 5.36. The maximum absolute atomic E-state index is 13.1. The van der Waals surface area contributed by atoms with Crippen LogP contribution in [0.3, 0.4) is 0 Å². The van der Waals surface area contributed by atoms with Crippen molar-refractivity contribution in [2.45, 2.75) is 20.0 Å². The second-order valence-corrected chi connectivity index (χ2v) is 10.4. The van der Waals surface area contributed by atoms with Gasteiger partial charge in [-0.25, -0.2) is 0 Å². The van der Waals surface area contributed by atoms with Crippen LogP contribution in [0.15, 0.2) is 53.7 Å². The van der Waals surface area contributed by atoms with E-state index < -0.39 is 0 Å². The first-order chi connectivity index (χ1) is 17.0. The van der Waals surface area contributed by atoms with Crippen molar-refractivity contribution in [1.29, 1.82) is 0 Å². The number of ether oxygens (including phenoxy) is 2. The maximum atomic E-state index is 13.1. The zero-order chi connectivity index (χ0) is 24.3. The van der Waals surface area contributed by atoms with E-state index in [0.717, 1.165) is 17.0 Å². The van der Waals surface area contributed by atoms with Gasteiger partial charge in [0.2, 0.25) is 0 Å². The third-order valence-electron chi connectivity index (χ3n) is 7.63. The lowest BCUT2D eigenvalue weighted by atomic mass is 9.63. The number of hydrogen-bond donors (Lipinski definition) is 0. The van der Waals surface area contributed by atoms with E-state index in [9.17, 15) is 9.59 Å². The molecule has 2 aromatic carbocycles. The summed E-state index contributed by atoms with van der Waals surface area (Å²) in [6.07, 6.45) is 6.98. The monoisotopic (exact) mass is 510 g/mol. The van der Waals surface area contributed by atoms with E-state index in [1.165, 1.54) is 6.21 Å². The van der Waals surface area contributed by atoms with Crippen LogP contribution >= 0.6 is 23.2 Å². The number of carbonyl (C=O) groups excluding carboxylic acids is 2. The molecular weight excluding hydrogens is 487 g/mol. The molecule has 5 aliphatic rings. The first-order valence-electron chi connectivity index (χ1n) is 11.9. The Hall–Kier alpha value is -2.83. The van der Waals surface area contributed by atoms with Crippen molar-refractivity contribution in [2.24, 2.45) is 40.6 Å². The Morgan fingerprint density at radius 2 is 1.69 bits per heavy atom. The molecule has 6 nitrogen and oxygen atoms in total. The standard InChI is InChI=1S/C27H24Cl2N2O4/c1-2-34-23-9-14(3-8-22(23)35-13-15-4-5-16(28)10-21(15)29)12-30-31-26(32)24-17-6-7-18(20-11-19(17)20)25(24)27(31)33/h3-10,12,17-20,24-25H,2,11,13H2,1H3/t17-,18-,19-,20-,24+,25+/m0/s1. The lowest BCUT2D eigenvalue weighted by Crippen LogP contribution is -2.40. The molecule has 2 aromatic rings. The first kappa shape index (κ1) is 22.6. The number of halogens is 2. The van der Waals surface area contributed by atoms with Crippen LogP contribution in [-0.2, 0) is 16.2 Å². The number of imide groups is 1. The van der Waals surface area contributed by atoms with Gasteiger partial charge in [-0.1, -0.05) is 41.4 Å². The van der Waals surface area contributed by atoms with Crippen LogP contribution in [-0.4, -0.2) is 29.6 Å². The molecule has 35 heavy (non-hydrogen) atoms. The number of rotatable bonds is 7. The number of nitrogens with zero attached hydrogens (tertiary/aromatic N) is 2. The molecule has 7 rings (SSSR count). The highest BCUT2D eigenvalue weighted by Crippen LogP contribution is 2.65. The summed E-state index contributed by atoms with van der Waals surface area (Å²) in [6, 6.07) is 10.6. The molecule has 6 atom stereocenters. The Morgan fingerprint density at radius 3 is 2.34 bits per heavy atom. The Bertz CT molecular complexity index is 1240. The summed E-state index contributed by atoms with van der Waals surface area (Å²) >= 11 is 12.2. The highest BCUT2D eigenvalue weighted by molar-refractivity contribution is 6.35. The molecule has 2 amide bonds. The van der Waals surface area contributed by atoms with Gasteiger partial charge in [-0.2, -0.15) is 10.1 Å². The molecule has 4 aliphatic carbocycles. The van der Waals surface area contributed by atoms with Crippen LogP contribution in [0.4, 0.5) is 0 Å². The van der Waals surface area contributed by atoms with E-state index in [1.807, 2.05) is 19.1 Å². The van der Waals surface area contributed by atoms with Crippen molar-refractivity contribution in [1.82, 2.24) is 5.01 Å². The highest BCUT2D eigenvalue weighted by atomic mass is 35.5. The summed E-state index contributed by atoms with van der Waals surface area (Å²) in [5, 5.41) is 6.49. The first-order valence-corrected chi connectivity index (χ1v) is 12.7. The number of benzene rings is 2. The van der Waals surface area contributed by atoms with E-state index in [0.29, 0.717) is 45.6 Å². The van der Waals surface area contributed by atoms with Gasteiger partial charge in [-0.3, -0.25) is 9.59 Å². The lowest BCUT2D eigenvalue weighted by Gasteiger charge is -2.37. The molecule has 0 aromatic heterocycles. The van der Waals surface area contributed by atoms with Gasteiger partial charge in [-0.15, -0.1) is 0 Å². The van der Waals surface area contributed by atoms with Crippen LogP contribution in [0.25, 0.3) is 0 Å². The van der Waals surface area contributed by atoms with Crippen molar-refractivity contribution in [3.8, 4) is 11.5 Å². The zero-order valence-corrected chi connectivity index (χ0v) is 20.6. The normalized spacial score (nSPS) is 30.1. The highest BCUT2D eigenvalue weighted by Gasteiger charge is 2.67. The van der Waals surface area contributed by atoms with Crippen LogP contribution < -0.4 is 9.47 Å². The number of amides is 2. The topological polar surface area (TPSA) is 68.2 Å². The average Bonchev–Trinajstić information content (AvgIpc) is 3.63. The minimum atomic E-state index is -0.257. The average molecular weight is 511 g/mol. The van der Waals surface area contributed by atoms with Crippen molar-refractivity contribution < 1.29 is 19.1 Å². The minimum Gasteiger partial charge on any atom is -0.490 e. The van der Waals surface area contributed by atoms with E-state index in [2.05, 4.69) is 17.3 Å². The summed E-state index contributed by atoms with van der Waals surface area (Å²) in [5.41, 5.74) is 1.50. The van der Waals surface area contributed by atoms with E-state index in [-0.39, 0.29) is 42.1 Å². The molecule has 2 bridgehead atoms. The van der Waals surface area contributed by atoms with Crippen LogP contribution in [0, 0.1) is 35.5 Å². The fraction of sp³-hybridized carbons (Fsp3) is 0.370. The third kappa shape index (κ3) is 3.83. The molecule has 8 heteroatoms. The molecule has 1 aliphatic heterocycles. The number of carbonyl (C=O) groups is 2. The van der Waals surface area contributed by atoms with E-state index >= 15 is 0 Å². The number of hydrazone groups is 1. The lowest BCUT2D eigenvalue weighted by molar-refractivity contribution is -0.140. The Balaban J connectivity index is 1.19. The van der Waals surface area contributed by atoms with Gasteiger partial charge in [0, 0.05) is 15.6 Å². The molecule has 0 N–H and O–H groups in total. The zero-order valence-electron chi connectivity index (χ0n) is 19.1. The summed E-state index contributed by atoms with van der Waals surface area (Å²) in [5.74, 6) is 1.72. The SMILES string of the molecule is CCOc1cc(C=NN2C(=O)[C@@H]3[C@H]4C=C[C@@H]([C@@H]5C[C@@H]45)[C@H]3C2=O)ccc1OCc1ccc(Cl)cc1Cl. The third-order valence-corrected chi connectivity index (χ3v) is 8.21. The quantitative estimate of drug-likeness (QED) is 0.285. The van der Waals surface area contributed by atoms with Gasteiger partial charge in [0.05, 0.1) is 24.7 Å². The number of allylic oxidation sites excluding steroid dienone is 2. The molecule has 0 radical (unpaired) electrons. The van der Waals surface area contributed by atoms with E-state index in [1.54, 1.807) is 24.3 Å². The summed E-state index contributed by atoms with van der Waals surface area (Å²) < 4.78 is 11.7. The van der Waals surface area contributed by atoms with Crippen molar-refractivity contribution in [2.75, 3.05) is 6.61 Å². The van der Waals surface area contributed by atoms with Gasteiger partial charge in [0.25, 0.3) is 11.8 Å². The van der Waals surface area contributed by atoms with Crippen molar-refractivity contribution >= 4 is 41.2 Å². The largest absolute Gasteiger partial charge is 0.490 e. The molecule has 180 valence electrons. The van der Waals surface area contributed by atoms with Gasteiger partial charge >= 0.3 is 0 Å². The summed E-state index contributed by atoms with van der Waals surface area (Å²) in [7, 11) is 0. The second-order valence-electron chi connectivity index (χ2n) is 9.55. The maximum Gasteiger partial charge on any atom is 0.254 e. The van der Waals surface area contributed by atoms with Gasteiger partial charge in [-0.05, 0) is 72.9 Å². The van der Waals surface area contributed by atoms with Crippen LogP contribution in [0.2, 0.25) is 10.0 Å². The van der Waals surface area contributed by atoms with Crippen molar-refractivity contribution in [3.05, 3.63) is 69.7 Å². The van der Waals surface area contributed by atoms with Crippen LogP contribution in [0.5, 0.6) is 11.5 Å². The summed E-state index contributed by atoms with van der Waals surface area (Å²) in [4.78, 5) is 26.2. The van der Waals surface area contributed by atoms with Crippen LogP contribution in [0.1, 0.15) is 24.5 Å². The minimum absolute atomic E-state index is 0.175. The fourth-order valence-electron chi connectivity index (χ4n) is 5.97. The fourth-order valence-corrected chi connectivity index (χ4v) is 6.43. The molecule has 3 fully saturated rings. The summed E-state index contributed by atoms with van der Waals surface area (Å²) in [6.45, 7) is 2.58. The predicted molar refractivity (Wildman–Crippen MR) is 133 cm³/mol. The van der Waals surface area contributed by atoms with Gasteiger partial charge in [0.15, 0.2) is 11.5 Å². The molecular formula is C27H24Cl2N2O4. The smallest absolute Gasteiger partial charge is 0.254 e. The van der Waals surface area contributed by atoms with E-state index in [4.69, 9.17) is 32.7 Å². The number of hydrogen-bond acceptors (Lipinski definition) is 5. The molecule has 0 spiro atoms. The second kappa shape index (κ2) is 8.68. The molecule has 1 saturated heterocycles. The molecule has 0 unspecified atom stereocenters. The Morgan fingerprint density at radius 1 is 0.971 bits per heavy atom.